The number of ether oxygens (including phenoxy) is 1. The summed E-state index contributed by atoms with van der Waals surface area (Å²) in [5.41, 5.74) is 0.700. The number of nitrogens with zero attached hydrogens (tertiary/aromatic N) is 7. The van der Waals surface area contributed by atoms with E-state index in [1.165, 1.54) is 6.07 Å². The Bertz CT molecular complexity index is 2010. The molecule has 0 bridgehead atoms. The van der Waals surface area contributed by atoms with E-state index in [4.69, 9.17) is 9.72 Å². The highest BCUT2D eigenvalue weighted by Gasteiger charge is 2.49. The number of pyridine rings is 1. The predicted molar refractivity (Wildman–Crippen MR) is 187 cm³/mol. The molecule has 0 spiro atoms. The lowest BCUT2D eigenvalue weighted by Gasteiger charge is -2.35. The summed E-state index contributed by atoms with van der Waals surface area (Å²) < 4.78 is 52.1. The number of carbonyl (C=O) groups excluding carboxylic acids is 1. The minimum atomic E-state index is -0.917. The summed E-state index contributed by atoms with van der Waals surface area (Å²) in [6.45, 7) is 5.21. The van der Waals surface area contributed by atoms with E-state index in [0.29, 0.717) is 71.6 Å². The molecule has 2 aromatic heterocycles. The Hall–Kier alpha value is -4.29. The maximum Gasteiger partial charge on any atom is 0.319 e. The second-order valence-electron chi connectivity index (χ2n) is 14.5. The van der Waals surface area contributed by atoms with E-state index in [2.05, 4.69) is 19.8 Å². The van der Waals surface area contributed by atoms with Crippen LogP contribution in [0.15, 0.2) is 48.7 Å². The fraction of sp³-hybridized carbons (Fsp3) is 0.474. The van der Waals surface area contributed by atoms with E-state index in [0.717, 1.165) is 32.4 Å². The van der Waals surface area contributed by atoms with Crippen molar-refractivity contribution in [3.63, 3.8) is 0 Å². The second kappa shape index (κ2) is 12.8. The lowest BCUT2D eigenvalue weighted by Crippen LogP contribution is -2.43. The van der Waals surface area contributed by atoms with Crippen molar-refractivity contribution in [2.24, 2.45) is 0 Å². The first-order valence-electron chi connectivity index (χ1n) is 17.6. The first-order valence-corrected chi connectivity index (χ1v) is 17.6. The topological polar surface area (TPSA) is 77.9 Å². The van der Waals surface area contributed by atoms with Crippen molar-refractivity contribution < 1.29 is 22.7 Å². The molecule has 4 fully saturated rings. The lowest BCUT2D eigenvalue weighted by molar-refractivity contribution is -0.125. The van der Waals surface area contributed by atoms with Crippen LogP contribution in [0.5, 0.6) is 6.01 Å². The number of hydrogen-bond donors (Lipinski definition) is 0. The Morgan fingerprint density at radius 1 is 1.08 bits per heavy atom. The average Bonchev–Trinajstić information content (AvgIpc) is 3.83. The number of likely N-dealkylation sites (tertiary alicyclic amines) is 2. The van der Waals surface area contributed by atoms with E-state index in [-0.39, 0.29) is 41.6 Å². The summed E-state index contributed by atoms with van der Waals surface area (Å²) in [5.74, 6) is -0.554. The number of carbonyl (C=O) groups is 1. The number of anilines is 1. The van der Waals surface area contributed by atoms with Gasteiger partial charge >= 0.3 is 6.01 Å². The summed E-state index contributed by atoms with van der Waals surface area (Å²) in [4.78, 5) is 35.3. The number of halogens is 3. The highest BCUT2D eigenvalue weighted by atomic mass is 19.1. The van der Waals surface area contributed by atoms with Crippen molar-refractivity contribution in [2.45, 2.75) is 62.8 Å². The van der Waals surface area contributed by atoms with Gasteiger partial charge in [-0.05, 0) is 68.6 Å². The third kappa shape index (κ3) is 5.66. The summed E-state index contributed by atoms with van der Waals surface area (Å²) in [6, 6.07) is 8.59. The van der Waals surface area contributed by atoms with Gasteiger partial charge in [0.2, 0.25) is 5.91 Å². The predicted octanol–water partition coefficient (Wildman–Crippen LogP) is 5.68. The molecule has 1 amide bonds. The van der Waals surface area contributed by atoms with Crippen molar-refractivity contribution in [3.05, 3.63) is 65.9 Å². The van der Waals surface area contributed by atoms with E-state index >= 15 is 4.39 Å². The lowest BCUT2D eigenvalue weighted by atomic mass is 9.95. The summed E-state index contributed by atoms with van der Waals surface area (Å²) in [6.07, 6.45) is 8.23. The molecule has 4 aliphatic rings. The zero-order valence-electron chi connectivity index (χ0n) is 28.7. The van der Waals surface area contributed by atoms with Gasteiger partial charge in [-0.1, -0.05) is 30.3 Å². The highest BCUT2D eigenvalue weighted by molar-refractivity contribution is 6.00. The molecule has 0 unspecified atom stereocenters. The van der Waals surface area contributed by atoms with E-state index in [9.17, 15) is 13.6 Å². The van der Waals surface area contributed by atoms with E-state index in [1.54, 1.807) is 37.4 Å². The van der Waals surface area contributed by atoms with E-state index in [1.807, 2.05) is 36.0 Å². The quantitative estimate of drug-likeness (QED) is 0.219. The third-order valence-electron chi connectivity index (χ3n) is 11.6. The van der Waals surface area contributed by atoms with Crippen LogP contribution in [-0.4, -0.2) is 113 Å². The van der Waals surface area contributed by atoms with Crippen LogP contribution >= 0.6 is 0 Å². The minimum Gasteiger partial charge on any atom is -0.461 e. The number of amides is 1. The fourth-order valence-corrected chi connectivity index (χ4v) is 8.39. The van der Waals surface area contributed by atoms with Gasteiger partial charge in [-0.25, -0.2) is 13.2 Å². The van der Waals surface area contributed by atoms with Gasteiger partial charge in [0.05, 0.1) is 10.9 Å². The van der Waals surface area contributed by atoms with Crippen LogP contribution in [0.25, 0.3) is 32.9 Å². The van der Waals surface area contributed by atoms with E-state index < -0.39 is 17.5 Å². The van der Waals surface area contributed by atoms with Crippen molar-refractivity contribution in [3.8, 4) is 17.3 Å². The van der Waals surface area contributed by atoms with Gasteiger partial charge < -0.3 is 14.5 Å². The number of aryl methyl sites for hydroxylation is 1. The van der Waals surface area contributed by atoms with Crippen molar-refractivity contribution in [1.29, 1.82) is 0 Å². The number of fused-ring (bicyclic) bond motifs is 3. The zero-order chi connectivity index (χ0) is 34.7. The molecule has 0 N–H and O–H groups in total. The van der Waals surface area contributed by atoms with Crippen LogP contribution < -0.4 is 9.64 Å². The smallest absolute Gasteiger partial charge is 0.319 e. The number of hydrogen-bond acceptors (Lipinski definition) is 8. The number of aromatic nitrogens is 3. The molecule has 4 aromatic rings. The van der Waals surface area contributed by atoms with Crippen LogP contribution in [0.4, 0.5) is 19.0 Å². The standard InChI is InChI=1S/C38H42F3N7O2/c1-23-27-6-4-7-29(28(27)9-10-31(23)40)34-33(41)35-30(19-42-34)36(44-37(43-35)50-22-38-14-5-15-48(38)20-24(39)18-38)46(3)26-13-17-47(21-26)32(49)11-8-25-12-16-45(25)2/h4,6-11,19,24-26H,5,12-18,20-22H2,1-3H3/b11-8+/t24-,25+,26-,38+/m1/s1. The van der Waals surface area contributed by atoms with Crippen LogP contribution in [0.1, 0.15) is 37.7 Å². The first-order chi connectivity index (χ1) is 24.1. The number of alkyl halides is 1. The van der Waals surface area contributed by atoms with Gasteiger partial charge in [0, 0.05) is 69.6 Å². The number of benzene rings is 2. The number of likely N-dealkylation sites (N-methyl/N-ethyl adjacent to an activating group) is 2. The molecule has 9 nitrogen and oxygen atoms in total. The third-order valence-corrected chi connectivity index (χ3v) is 11.6. The molecular formula is C38H42F3N7O2. The van der Waals surface area contributed by atoms with Crippen LogP contribution in [-0.2, 0) is 4.79 Å². The molecular weight excluding hydrogens is 643 g/mol. The molecule has 262 valence electrons. The molecule has 50 heavy (non-hydrogen) atoms. The van der Waals surface area contributed by atoms with Gasteiger partial charge in [0.25, 0.3) is 0 Å². The molecule has 6 heterocycles. The van der Waals surface area contributed by atoms with Gasteiger partial charge in [-0.15, -0.1) is 0 Å². The monoisotopic (exact) mass is 685 g/mol. The van der Waals surface area contributed by atoms with Gasteiger partial charge in [0.15, 0.2) is 5.82 Å². The molecule has 12 heteroatoms. The Balaban J connectivity index is 1.15. The molecule has 8 rings (SSSR count). The SMILES string of the molecule is Cc1c(F)ccc2c(-c3ncc4c(N(C)[C@@H]5CCN(C(=O)/C=C/[C@H]6CCN6C)C5)nc(OC[C@@]56CCCN5C[C@H](F)C6)nc4c3F)cccc12. The van der Waals surface area contributed by atoms with Crippen LogP contribution in [0.3, 0.4) is 0 Å². The Kier molecular flexibility index (Phi) is 8.42. The molecule has 0 saturated carbocycles. The second-order valence-corrected chi connectivity index (χ2v) is 14.5. The molecule has 4 atom stereocenters. The molecule has 0 aliphatic carbocycles. The minimum absolute atomic E-state index is 0.00764. The van der Waals surface area contributed by atoms with Crippen LogP contribution in [0.2, 0.25) is 0 Å². The molecule has 0 radical (unpaired) electrons. The summed E-state index contributed by atoms with van der Waals surface area (Å²) in [5, 5.41) is 1.76. The van der Waals surface area contributed by atoms with Crippen molar-refractivity contribution in [1.82, 2.24) is 29.7 Å². The molecule has 4 aliphatic heterocycles. The van der Waals surface area contributed by atoms with Gasteiger partial charge in [-0.3, -0.25) is 19.6 Å². The summed E-state index contributed by atoms with van der Waals surface area (Å²) >= 11 is 0. The van der Waals surface area contributed by atoms with Crippen molar-refractivity contribution in [2.75, 3.05) is 58.3 Å². The summed E-state index contributed by atoms with van der Waals surface area (Å²) in [7, 11) is 3.94. The van der Waals surface area contributed by atoms with Gasteiger partial charge in [-0.2, -0.15) is 9.97 Å². The zero-order valence-corrected chi connectivity index (χ0v) is 28.7. The Morgan fingerprint density at radius 2 is 1.94 bits per heavy atom. The first kappa shape index (κ1) is 32.9. The molecule has 4 saturated heterocycles. The van der Waals surface area contributed by atoms with Crippen LogP contribution in [0, 0.1) is 18.6 Å². The average molecular weight is 686 g/mol. The highest BCUT2D eigenvalue weighted by Crippen LogP contribution is 2.41. The maximum absolute atomic E-state index is 16.8. The fourth-order valence-electron chi connectivity index (χ4n) is 8.39. The maximum atomic E-state index is 16.8. The number of rotatable bonds is 8. The van der Waals surface area contributed by atoms with Gasteiger partial charge in [0.1, 0.15) is 35.6 Å². The Morgan fingerprint density at radius 3 is 2.74 bits per heavy atom. The normalized spacial score (nSPS) is 25.6. The Labute approximate surface area is 289 Å². The largest absolute Gasteiger partial charge is 0.461 e. The van der Waals surface area contributed by atoms with Crippen molar-refractivity contribution >= 4 is 33.4 Å². The molecule has 2 aromatic carbocycles.